The van der Waals surface area contributed by atoms with Crippen molar-refractivity contribution in [3.8, 4) is 0 Å². The largest absolute Gasteiger partial charge is 0.345 e. The zero-order valence-electron chi connectivity index (χ0n) is 3.68. The van der Waals surface area contributed by atoms with Gasteiger partial charge in [0, 0.05) is 0 Å². The van der Waals surface area contributed by atoms with E-state index >= 15 is 0 Å². The number of hydrogen-bond acceptors (Lipinski definition) is 3. The normalized spacial score (nSPS) is 46.6. The predicted molar refractivity (Wildman–Crippen MR) is 21.7 cm³/mol. The minimum atomic E-state index is -0.0694. The Labute approximate surface area is 40.6 Å². The molecule has 0 radical (unpaired) electrons. The number of carbonyl (C=O) groups is 1. The topological polar surface area (TPSA) is 41.6 Å². The third kappa shape index (κ3) is 0.338. The molecule has 2 fully saturated rings. The van der Waals surface area contributed by atoms with E-state index in [4.69, 9.17) is 4.74 Å². The molecule has 2 unspecified atom stereocenters. The fourth-order valence-corrected chi connectivity index (χ4v) is 0.814. The third-order valence-electron chi connectivity index (χ3n) is 1.29. The molecule has 0 aliphatic carbocycles. The minimum Gasteiger partial charge on any atom is -0.345 e. The molecule has 3 heteroatoms. The average molecular weight is 99.1 g/mol. The number of ether oxygens (including phenoxy) is 1. The van der Waals surface area contributed by atoms with Crippen molar-refractivity contribution in [2.24, 2.45) is 0 Å². The van der Waals surface area contributed by atoms with Crippen LogP contribution in [-0.4, -0.2) is 24.7 Å². The van der Waals surface area contributed by atoms with E-state index in [0.29, 0.717) is 6.54 Å². The Hall–Kier alpha value is -0.410. The number of carbonyl (C=O) groups excluding carboxylic acids is 1. The van der Waals surface area contributed by atoms with Gasteiger partial charge in [0.05, 0.1) is 6.54 Å². The van der Waals surface area contributed by atoms with Gasteiger partial charge in [0.2, 0.25) is 0 Å². The van der Waals surface area contributed by atoms with Crippen molar-refractivity contribution < 1.29 is 9.53 Å². The van der Waals surface area contributed by atoms with Crippen LogP contribution in [-0.2, 0) is 9.53 Å². The number of nitrogens with one attached hydrogen (secondary N) is 1. The second kappa shape index (κ2) is 0.877. The Balaban J connectivity index is 2.21. The van der Waals surface area contributed by atoms with Crippen LogP contribution in [0.2, 0.25) is 0 Å². The third-order valence-corrected chi connectivity index (χ3v) is 1.29. The molecule has 0 amide bonds. The minimum absolute atomic E-state index is 0.0694. The maximum atomic E-state index is 10.4. The summed E-state index contributed by atoms with van der Waals surface area (Å²) in [5, 5.41) is 2.87. The van der Waals surface area contributed by atoms with Crippen LogP contribution in [0.1, 0.15) is 0 Å². The summed E-state index contributed by atoms with van der Waals surface area (Å²) in [5.74, 6) is 0.199. The first-order valence-corrected chi connectivity index (χ1v) is 2.29. The molecular formula is C4H5NO2. The number of rotatable bonds is 0. The first-order chi connectivity index (χ1) is 3.38. The van der Waals surface area contributed by atoms with Gasteiger partial charge in [0.1, 0.15) is 6.23 Å². The van der Waals surface area contributed by atoms with Gasteiger partial charge in [-0.05, 0) is 0 Å². The summed E-state index contributed by atoms with van der Waals surface area (Å²) >= 11 is 0. The predicted octanol–water partition coefficient (Wildman–Crippen LogP) is -1.12. The van der Waals surface area contributed by atoms with Crippen molar-refractivity contribution in [1.29, 1.82) is 0 Å². The van der Waals surface area contributed by atoms with Crippen molar-refractivity contribution in [3.05, 3.63) is 0 Å². The molecule has 38 valence electrons. The van der Waals surface area contributed by atoms with E-state index in [9.17, 15) is 4.79 Å². The molecule has 2 saturated heterocycles. The monoisotopic (exact) mass is 99.0 g/mol. The molecule has 0 spiro atoms. The average Bonchev–Trinajstić information content (AvgIpc) is 2.33. The van der Waals surface area contributed by atoms with Gasteiger partial charge in [0.25, 0.3) is 0 Å². The molecular weight excluding hydrogens is 94.0 g/mol. The smallest absolute Gasteiger partial charge is 0.179 e. The van der Waals surface area contributed by atoms with Crippen LogP contribution in [0.25, 0.3) is 0 Å². The molecule has 0 aromatic rings. The highest BCUT2D eigenvalue weighted by molar-refractivity contribution is 5.90. The maximum absolute atomic E-state index is 10.4. The van der Waals surface area contributed by atoms with Crippen molar-refractivity contribution in [2.45, 2.75) is 12.3 Å². The van der Waals surface area contributed by atoms with Gasteiger partial charge in [0.15, 0.2) is 11.9 Å². The molecule has 0 aromatic carbocycles. The fourth-order valence-electron chi connectivity index (χ4n) is 0.814. The fraction of sp³-hybridized carbons (Fsp3) is 0.750. The van der Waals surface area contributed by atoms with E-state index < -0.39 is 0 Å². The Kier molecular flexibility index (Phi) is 0.448. The Morgan fingerprint density at radius 1 is 1.86 bits per heavy atom. The molecule has 2 atom stereocenters. The van der Waals surface area contributed by atoms with Gasteiger partial charge in [-0.2, -0.15) is 0 Å². The molecule has 1 N–H and O–H groups in total. The molecule has 2 aliphatic rings. The summed E-state index contributed by atoms with van der Waals surface area (Å²) in [6, 6.07) is 0. The molecule has 0 bridgehead atoms. The summed E-state index contributed by atoms with van der Waals surface area (Å²) in [5.41, 5.74) is 0. The number of Topliss-reactive ketones (excluding diaryl/α,β-unsaturated/α-hetero) is 1. The van der Waals surface area contributed by atoms with E-state index in [-0.39, 0.29) is 18.1 Å². The van der Waals surface area contributed by atoms with Crippen molar-refractivity contribution in [3.63, 3.8) is 0 Å². The molecule has 0 saturated carbocycles. The molecule has 2 aliphatic heterocycles. The van der Waals surface area contributed by atoms with E-state index in [0.717, 1.165) is 0 Å². The lowest BCUT2D eigenvalue weighted by atomic mass is 10.3. The SMILES string of the molecule is O=C1CNC2OC12. The van der Waals surface area contributed by atoms with Crippen LogP contribution in [0.5, 0.6) is 0 Å². The summed E-state index contributed by atoms with van der Waals surface area (Å²) in [6.07, 6.45) is 0.0208. The molecule has 2 rings (SSSR count). The lowest BCUT2D eigenvalue weighted by molar-refractivity contribution is -0.119. The van der Waals surface area contributed by atoms with Crippen LogP contribution >= 0.6 is 0 Å². The zero-order chi connectivity index (χ0) is 4.85. The van der Waals surface area contributed by atoms with E-state index in [2.05, 4.69) is 5.32 Å². The van der Waals surface area contributed by atoms with Gasteiger partial charge in [-0.1, -0.05) is 0 Å². The Morgan fingerprint density at radius 2 is 2.71 bits per heavy atom. The molecule has 0 aromatic heterocycles. The van der Waals surface area contributed by atoms with Crippen LogP contribution in [0, 0.1) is 0 Å². The van der Waals surface area contributed by atoms with Crippen molar-refractivity contribution >= 4 is 5.78 Å². The number of hydrogen-bond donors (Lipinski definition) is 1. The lowest BCUT2D eigenvalue weighted by Gasteiger charge is -1.86. The van der Waals surface area contributed by atoms with Gasteiger partial charge >= 0.3 is 0 Å². The highest BCUT2D eigenvalue weighted by atomic mass is 16.6. The second-order valence-corrected chi connectivity index (χ2v) is 1.82. The van der Waals surface area contributed by atoms with E-state index in [1.54, 1.807) is 0 Å². The summed E-state index contributed by atoms with van der Waals surface area (Å²) in [4.78, 5) is 10.4. The quantitative estimate of drug-likeness (QED) is 0.391. The van der Waals surface area contributed by atoms with Crippen LogP contribution in [0.15, 0.2) is 0 Å². The van der Waals surface area contributed by atoms with Gasteiger partial charge in [-0.25, -0.2) is 0 Å². The number of epoxide rings is 1. The maximum Gasteiger partial charge on any atom is 0.179 e. The first-order valence-electron chi connectivity index (χ1n) is 2.29. The summed E-state index contributed by atoms with van der Waals surface area (Å²) < 4.78 is 4.80. The van der Waals surface area contributed by atoms with E-state index in [1.807, 2.05) is 0 Å². The lowest BCUT2D eigenvalue weighted by Crippen LogP contribution is -2.16. The Bertz CT molecular complexity index is 123. The van der Waals surface area contributed by atoms with Crippen molar-refractivity contribution in [2.75, 3.05) is 6.54 Å². The summed E-state index contributed by atoms with van der Waals surface area (Å²) in [6.45, 7) is 0.509. The van der Waals surface area contributed by atoms with Crippen LogP contribution < -0.4 is 5.32 Å². The Morgan fingerprint density at radius 3 is 2.86 bits per heavy atom. The van der Waals surface area contributed by atoms with E-state index in [1.165, 1.54) is 0 Å². The van der Waals surface area contributed by atoms with Crippen molar-refractivity contribution in [1.82, 2.24) is 5.32 Å². The molecule has 3 nitrogen and oxygen atoms in total. The second-order valence-electron chi connectivity index (χ2n) is 1.82. The highest BCUT2D eigenvalue weighted by Gasteiger charge is 2.49. The molecule has 7 heavy (non-hydrogen) atoms. The van der Waals surface area contributed by atoms with Gasteiger partial charge < -0.3 is 4.74 Å². The molecule has 2 heterocycles. The zero-order valence-corrected chi connectivity index (χ0v) is 3.68. The summed E-state index contributed by atoms with van der Waals surface area (Å²) in [7, 11) is 0. The first kappa shape index (κ1) is 3.57. The van der Waals surface area contributed by atoms with Gasteiger partial charge in [-0.3, -0.25) is 10.1 Å². The van der Waals surface area contributed by atoms with Gasteiger partial charge in [-0.15, -0.1) is 0 Å². The standard InChI is InChI=1S/C4H5NO2/c6-2-1-5-4-3(2)7-4/h3-5H,1H2. The van der Waals surface area contributed by atoms with Crippen LogP contribution in [0.4, 0.5) is 0 Å². The van der Waals surface area contributed by atoms with Crippen LogP contribution in [0.3, 0.4) is 0 Å². The number of fused-ring (bicyclic) bond motifs is 1. The number of ketones is 1. The highest BCUT2D eigenvalue weighted by Crippen LogP contribution is 2.24.